The summed E-state index contributed by atoms with van der Waals surface area (Å²) in [5, 5.41) is 2.73. The van der Waals surface area contributed by atoms with E-state index >= 15 is 0 Å². The first-order chi connectivity index (χ1) is 8.00. The van der Waals surface area contributed by atoms with E-state index in [9.17, 15) is 9.59 Å². The second-order valence-electron chi connectivity index (χ2n) is 3.90. The zero-order valence-electron chi connectivity index (χ0n) is 10.3. The van der Waals surface area contributed by atoms with Crippen molar-refractivity contribution >= 4 is 11.9 Å². The van der Waals surface area contributed by atoms with E-state index in [-0.39, 0.29) is 5.91 Å². The minimum Gasteiger partial charge on any atom is -0.453 e. The van der Waals surface area contributed by atoms with Gasteiger partial charge in [0.2, 0.25) is 0 Å². The SMILES string of the molecule is CC(=O)O[C@@H](C)C(=O)NCc1ccccc1C. The topological polar surface area (TPSA) is 55.4 Å². The highest BCUT2D eigenvalue weighted by atomic mass is 16.5. The zero-order chi connectivity index (χ0) is 12.8. The van der Waals surface area contributed by atoms with E-state index in [1.807, 2.05) is 31.2 Å². The predicted octanol–water partition coefficient (Wildman–Crippen LogP) is 1.56. The van der Waals surface area contributed by atoms with Gasteiger partial charge in [-0.1, -0.05) is 24.3 Å². The summed E-state index contributed by atoms with van der Waals surface area (Å²) in [6.07, 6.45) is -0.753. The summed E-state index contributed by atoms with van der Waals surface area (Å²) in [6, 6.07) is 7.80. The molecule has 17 heavy (non-hydrogen) atoms. The summed E-state index contributed by atoms with van der Waals surface area (Å²) in [4.78, 5) is 22.3. The summed E-state index contributed by atoms with van der Waals surface area (Å²) >= 11 is 0. The van der Waals surface area contributed by atoms with Crippen LogP contribution in [0.5, 0.6) is 0 Å². The number of ether oxygens (including phenoxy) is 1. The first-order valence-corrected chi connectivity index (χ1v) is 5.50. The van der Waals surface area contributed by atoms with Crippen LogP contribution in [0.4, 0.5) is 0 Å². The normalized spacial score (nSPS) is 11.7. The molecule has 1 aromatic rings. The van der Waals surface area contributed by atoms with Crippen LogP contribution in [0.15, 0.2) is 24.3 Å². The third-order valence-corrected chi connectivity index (χ3v) is 2.43. The molecule has 1 N–H and O–H groups in total. The van der Waals surface area contributed by atoms with Gasteiger partial charge in [0, 0.05) is 13.5 Å². The van der Waals surface area contributed by atoms with E-state index in [0.717, 1.165) is 11.1 Å². The summed E-state index contributed by atoms with van der Waals surface area (Å²) in [6.45, 7) is 5.26. The molecule has 0 bridgehead atoms. The van der Waals surface area contributed by atoms with Gasteiger partial charge in [0.15, 0.2) is 6.10 Å². The maximum Gasteiger partial charge on any atom is 0.303 e. The molecule has 0 aliphatic carbocycles. The molecule has 0 aliphatic heterocycles. The lowest BCUT2D eigenvalue weighted by Crippen LogP contribution is -2.35. The Labute approximate surface area is 101 Å². The number of benzene rings is 1. The van der Waals surface area contributed by atoms with Crippen molar-refractivity contribution in [3.63, 3.8) is 0 Å². The number of aryl methyl sites for hydroxylation is 1. The molecule has 1 rings (SSSR count). The van der Waals surface area contributed by atoms with E-state index in [1.165, 1.54) is 6.92 Å². The summed E-state index contributed by atoms with van der Waals surface area (Å²) < 4.78 is 4.78. The molecule has 0 radical (unpaired) electrons. The molecule has 92 valence electrons. The molecule has 4 heteroatoms. The van der Waals surface area contributed by atoms with Gasteiger partial charge in [0.1, 0.15) is 0 Å². The first-order valence-electron chi connectivity index (χ1n) is 5.50. The van der Waals surface area contributed by atoms with Crippen LogP contribution < -0.4 is 5.32 Å². The van der Waals surface area contributed by atoms with E-state index in [2.05, 4.69) is 5.32 Å². The Hall–Kier alpha value is -1.84. The molecular formula is C13H17NO3. The van der Waals surface area contributed by atoms with Crippen molar-refractivity contribution in [1.29, 1.82) is 0 Å². The fourth-order valence-corrected chi connectivity index (χ4v) is 1.44. The van der Waals surface area contributed by atoms with Crippen LogP contribution in [0.1, 0.15) is 25.0 Å². The number of nitrogens with one attached hydrogen (secondary N) is 1. The Kier molecular flexibility index (Phi) is 4.69. The Balaban J connectivity index is 2.48. The number of carbonyl (C=O) groups excluding carboxylic acids is 2. The minimum atomic E-state index is -0.753. The van der Waals surface area contributed by atoms with Crippen LogP contribution in [0.25, 0.3) is 0 Å². The molecule has 0 saturated heterocycles. The smallest absolute Gasteiger partial charge is 0.303 e. The Morgan fingerprint density at radius 3 is 2.59 bits per heavy atom. The van der Waals surface area contributed by atoms with Gasteiger partial charge in [-0.2, -0.15) is 0 Å². The molecule has 1 amide bonds. The van der Waals surface area contributed by atoms with E-state index < -0.39 is 12.1 Å². The van der Waals surface area contributed by atoms with Gasteiger partial charge in [-0.05, 0) is 25.0 Å². The van der Waals surface area contributed by atoms with Gasteiger partial charge in [0.25, 0.3) is 5.91 Å². The number of carbonyl (C=O) groups is 2. The van der Waals surface area contributed by atoms with Gasteiger partial charge in [0.05, 0.1) is 0 Å². The van der Waals surface area contributed by atoms with Crippen molar-refractivity contribution in [2.24, 2.45) is 0 Å². The second kappa shape index (κ2) is 6.03. The lowest BCUT2D eigenvalue weighted by Gasteiger charge is -2.13. The molecule has 0 unspecified atom stereocenters. The number of rotatable bonds is 4. The van der Waals surface area contributed by atoms with Crippen LogP contribution in [0.2, 0.25) is 0 Å². The van der Waals surface area contributed by atoms with Crippen molar-refractivity contribution in [2.45, 2.75) is 33.4 Å². The quantitative estimate of drug-likeness (QED) is 0.806. The van der Waals surface area contributed by atoms with E-state index in [1.54, 1.807) is 6.92 Å². The second-order valence-corrected chi connectivity index (χ2v) is 3.90. The Morgan fingerprint density at radius 1 is 1.35 bits per heavy atom. The molecule has 0 aliphatic rings. The molecule has 0 fully saturated rings. The van der Waals surface area contributed by atoms with Crippen molar-refractivity contribution in [3.8, 4) is 0 Å². The molecule has 0 spiro atoms. The number of amides is 1. The number of esters is 1. The average Bonchev–Trinajstić information content (AvgIpc) is 2.26. The van der Waals surface area contributed by atoms with Crippen molar-refractivity contribution < 1.29 is 14.3 Å². The van der Waals surface area contributed by atoms with Gasteiger partial charge in [-0.3, -0.25) is 9.59 Å². The highest BCUT2D eigenvalue weighted by Crippen LogP contribution is 2.06. The highest BCUT2D eigenvalue weighted by molar-refractivity contribution is 5.82. The predicted molar refractivity (Wildman–Crippen MR) is 64.3 cm³/mol. The van der Waals surface area contributed by atoms with Crippen LogP contribution in [-0.2, 0) is 20.9 Å². The summed E-state index contributed by atoms with van der Waals surface area (Å²) in [5.74, 6) is -0.744. The van der Waals surface area contributed by atoms with E-state index in [0.29, 0.717) is 6.54 Å². The summed E-state index contributed by atoms with van der Waals surface area (Å²) in [7, 11) is 0. The third-order valence-electron chi connectivity index (χ3n) is 2.43. The van der Waals surface area contributed by atoms with Crippen LogP contribution in [0.3, 0.4) is 0 Å². The maximum absolute atomic E-state index is 11.6. The number of hydrogen-bond donors (Lipinski definition) is 1. The average molecular weight is 235 g/mol. The molecule has 4 nitrogen and oxygen atoms in total. The first kappa shape index (κ1) is 13.2. The van der Waals surface area contributed by atoms with Crippen molar-refractivity contribution in [3.05, 3.63) is 35.4 Å². The van der Waals surface area contributed by atoms with Gasteiger partial charge in [-0.15, -0.1) is 0 Å². The summed E-state index contributed by atoms with van der Waals surface area (Å²) in [5.41, 5.74) is 2.17. The third kappa shape index (κ3) is 4.26. The Morgan fingerprint density at radius 2 is 2.00 bits per heavy atom. The lowest BCUT2D eigenvalue weighted by molar-refractivity contribution is -0.152. The van der Waals surface area contributed by atoms with Gasteiger partial charge >= 0.3 is 5.97 Å². The Bertz CT molecular complexity index is 415. The van der Waals surface area contributed by atoms with Gasteiger partial charge < -0.3 is 10.1 Å². The van der Waals surface area contributed by atoms with E-state index in [4.69, 9.17) is 4.74 Å². The largest absolute Gasteiger partial charge is 0.453 e. The van der Waals surface area contributed by atoms with Crippen molar-refractivity contribution in [2.75, 3.05) is 0 Å². The van der Waals surface area contributed by atoms with Crippen molar-refractivity contribution in [1.82, 2.24) is 5.32 Å². The van der Waals surface area contributed by atoms with Crippen LogP contribution in [0, 0.1) is 6.92 Å². The number of hydrogen-bond acceptors (Lipinski definition) is 3. The molecule has 1 atom stereocenters. The fourth-order valence-electron chi connectivity index (χ4n) is 1.44. The molecular weight excluding hydrogens is 218 g/mol. The maximum atomic E-state index is 11.6. The molecule has 1 aromatic carbocycles. The highest BCUT2D eigenvalue weighted by Gasteiger charge is 2.15. The van der Waals surface area contributed by atoms with Crippen LogP contribution in [-0.4, -0.2) is 18.0 Å². The standard InChI is InChI=1S/C13H17NO3/c1-9-6-4-5-7-12(9)8-14-13(16)10(2)17-11(3)15/h4-7,10H,8H2,1-3H3,(H,14,16)/t10-/m0/s1. The molecule has 0 saturated carbocycles. The monoisotopic (exact) mass is 235 g/mol. The zero-order valence-corrected chi connectivity index (χ0v) is 10.3. The van der Waals surface area contributed by atoms with Gasteiger partial charge in [-0.25, -0.2) is 0 Å². The molecule has 0 heterocycles. The lowest BCUT2D eigenvalue weighted by atomic mass is 10.1. The molecule has 0 aromatic heterocycles. The van der Waals surface area contributed by atoms with Crippen LogP contribution >= 0.6 is 0 Å². The fraction of sp³-hybridized carbons (Fsp3) is 0.385. The minimum absolute atomic E-state index is 0.288.